The lowest BCUT2D eigenvalue weighted by Gasteiger charge is -2.00. The van der Waals surface area contributed by atoms with E-state index in [0.29, 0.717) is 5.15 Å². The van der Waals surface area contributed by atoms with Gasteiger partial charge in [-0.15, -0.1) is 0 Å². The number of halogens is 1. The molecule has 2 heterocycles. The molecule has 0 amide bonds. The molecule has 0 aromatic carbocycles. The summed E-state index contributed by atoms with van der Waals surface area (Å²) in [6, 6.07) is 7.26. The molecular formula is C10H8ClN3. The Kier molecular flexibility index (Phi) is 2.41. The largest absolute Gasteiger partial charge is 0.242 e. The smallest absolute Gasteiger partial charge is 0.129 e. The van der Waals surface area contributed by atoms with E-state index >= 15 is 0 Å². The summed E-state index contributed by atoms with van der Waals surface area (Å²) in [6.45, 7) is 1.84. The van der Waals surface area contributed by atoms with Crippen LogP contribution in [-0.4, -0.2) is 15.0 Å². The van der Waals surface area contributed by atoms with E-state index in [-0.39, 0.29) is 0 Å². The Morgan fingerprint density at radius 1 is 1.07 bits per heavy atom. The van der Waals surface area contributed by atoms with Crippen molar-refractivity contribution in [1.82, 2.24) is 15.0 Å². The van der Waals surface area contributed by atoms with Gasteiger partial charge >= 0.3 is 0 Å². The van der Waals surface area contributed by atoms with Gasteiger partial charge in [0, 0.05) is 6.20 Å². The van der Waals surface area contributed by atoms with Crippen molar-refractivity contribution in [1.29, 1.82) is 0 Å². The van der Waals surface area contributed by atoms with E-state index in [0.717, 1.165) is 17.2 Å². The lowest BCUT2D eigenvalue weighted by Crippen LogP contribution is -1.91. The van der Waals surface area contributed by atoms with Crippen molar-refractivity contribution in [2.75, 3.05) is 0 Å². The molecule has 14 heavy (non-hydrogen) atoms. The minimum absolute atomic E-state index is 0.471. The van der Waals surface area contributed by atoms with Crippen LogP contribution in [-0.2, 0) is 0 Å². The van der Waals surface area contributed by atoms with Crippen LogP contribution >= 0.6 is 11.6 Å². The Morgan fingerprint density at radius 2 is 1.86 bits per heavy atom. The topological polar surface area (TPSA) is 38.7 Å². The van der Waals surface area contributed by atoms with Crippen LogP contribution < -0.4 is 0 Å². The van der Waals surface area contributed by atoms with E-state index in [9.17, 15) is 0 Å². The van der Waals surface area contributed by atoms with Gasteiger partial charge in [0.15, 0.2) is 0 Å². The van der Waals surface area contributed by atoms with Gasteiger partial charge in [-0.1, -0.05) is 17.7 Å². The molecule has 0 aliphatic carbocycles. The van der Waals surface area contributed by atoms with Crippen molar-refractivity contribution in [3.05, 3.63) is 41.4 Å². The fourth-order valence-corrected chi connectivity index (χ4v) is 1.31. The standard InChI is InChI=1S/C10H8ClN3/c1-7-12-6-5-9(13-7)8-3-2-4-10(11)14-8/h2-6H,1H3. The van der Waals surface area contributed by atoms with Gasteiger partial charge in [-0.2, -0.15) is 0 Å². The highest BCUT2D eigenvalue weighted by Gasteiger charge is 2.01. The van der Waals surface area contributed by atoms with Crippen molar-refractivity contribution in [3.63, 3.8) is 0 Å². The normalized spacial score (nSPS) is 10.1. The van der Waals surface area contributed by atoms with Crippen molar-refractivity contribution < 1.29 is 0 Å². The molecule has 70 valence electrons. The van der Waals surface area contributed by atoms with Crippen LogP contribution in [0.3, 0.4) is 0 Å². The maximum Gasteiger partial charge on any atom is 0.129 e. The molecule has 0 aliphatic rings. The molecule has 0 radical (unpaired) electrons. The minimum atomic E-state index is 0.471. The van der Waals surface area contributed by atoms with Gasteiger partial charge < -0.3 is 0 Å². The SMILES string of the molecule is Cc1nccc(-c2cccc(Cl)n2)n1. The van der Waals surface area contributed by atoms with E-state index in [4.69, 9.17) is 11.6 Å². The summed E-state index contributed by atoms with van der Waals surface area (Å²) in [6.07, 6.45) is 1.71. The summed E-state index contributed by atoms with van der Waals surface area (Å²) in [5.74, 6) is 0.726. The van der Waals surface area contributed by atoms with Gasteiger partial charge in [0.1, 0.15) is 11.0 Å². The first-order chi connectivity index (χ1) is 6.75. The second-order valence-electron chi connectivity index (χ2n) is 2.83. The van der Waals surface area contributed by atoms with Gasteiger partial charge in [-0.05, 0) is 25.1 Å². The molecular weight excluding hydrogens is 198 g/mol. The van der Waals surface area contributed by atoms with Crippen molar-refractivity contribution >= 4 is 11.6 Å². The van der Waals surface area contributed by atoms with Crippen LogP contribution in [0.1, 0.15) is 5.82 Å². The highest BCUT2D eigenvalue weighted by atomic mass is 35.5. The van der Waals surface area contributed by atoms with Crippen LogP contribution in [0.2, 0.25) is 5.15 Å². The maximum absolute atomic E-state index is 5.78. The minimum Gasteiger partial charge on any atom is -0.242 e. The molecule has 0 atom stereocenters. The summed E-state index contributed by atoms with van der Waals surface area (Å²) >= 11 is 5.78. The average molecular weight is 206 g/mol. The van der Waals surface area contributed by atoms with Crippen LogP contribution in [0, 0.1) is 6.92 Å². The molecule has 0 fully saturated rings. The van der Waals surface area contributed by atoms with Gasteiger partial charge in [-0.25, -0.2) is 15.0 Å². The van der Waals surface area contributed by atoms with Gasteiger partial charge in [0.05, 0.1) is 11.4 Å². The molecule has 2 aromatic heterocycles. The van der Waals surface area contributed by atoms with Crippen LogP contribution in [0.25, 0.3) is 11.4 Å². The molecule has 0 N–H and O–H groups in total. The molecule has 4 heteroatoms. The molecule has 3 nitrogen and oxygen atoms in total. The highest BCUT2D eigenvalue weighted by molar-refractivity contribution is 6.29. The second kappa shape index (κ2) is 3.72. The quantitative estimate of drug-likeness (QED) is 0.672. The molecule has 2 rings (SSSR count). The zero-order valence-electron chi connectivity index (χ0n) is 7.61. The zero-order chi connectivity index (χ0) is 9.97. The van der Waals surface area contributed by atoms with E-state index in [2.05, 4.69) is 15.0 Å². The summed E-state index contributed by atoms with van der Waals surface area (Å²) in [7, 11) is 0. The third-order valence-electron chi connectivity index (χ3n) is 1.75. The predicted molar refractivity (Wildman–Crippen MR) is 55.0 cm³/mol. The molecule has 0 unspecified atom stereocenters. The summed E-state index contributed by atoms with van der Waals surface area (Å²) in [5, 5.41) is 0.471. The summed E-state index contributed by atoms with van der Waals surface area (Å²) in [5.41, 5.74) is 1.56. The number of hydrogen-bond acceptors (Lipinski definition) is 3. The van der Waals surface area contributed by atoms with E-state index in [1.807, 2.05) is 25.1 Å². The predicted octanol–water partition coefficient (Wildman–Crippen LogP) is 2.50. The Bertz CT molecular complexity index is 413. The number of rotatable bonds is 1. The van der Waals surface area contributed by atoms with Gasteiger partial charge in [0.2, 0.25) is 0 Å². The molecule has 0 aliphatic heterocycles. The summed E-state index contributed by atoms with van der Waals surface area (Å²) in [4.78, 5) is 12.4. The van der Waals surface area contributed by atoms with Crippen LogP contribution in [0.5, 0.6) is 0 Å². The van der Waals surface area contributed by atoms with Gasteiger partial charge in [-0.3, -0.25) is 0 Å². The van der Waals surface area contributed by atoms with E-state index in [1.54, 1.807) is 12.3 Å². The monoisotopic (exact) mass is 205 g/mol. The second-order valence-corrected chi connectivity index (χ2v) is 3.22. The third kappa shape index (κ3) is 1.88. The Morgan fingerprint density at radius 3 is 2.57 bits per heavy atom. The van der Waals surface area contributed by atoms with Crippen molar-refractivity contribution in [2.45, 2.75) is 6.92 Å². The van der Waals surface area contributed by atoms with Crippen molar-refractivity contribution in [3.8, 4) is 11.4 Å². The molecule has 0 saturated carbocycles. The zero-order valence-corrected chi connectivity index (χ0v) is 8.36. The number of nitrogens with zero attached hydrogens (tertiary/aromatic N) is 3. The van der Waals surface area contributed by atoms with Gasteiger partial charge in [0.25, 0.3) is 0 Å². The number of hydrogen-bond donors (Lipinski definition) is 0. The Balaban J connectivity index is 2.49. The fourth-order valence-electron chi connectivity index (χ4n) is 1.15. The average Bonchev–Trinajstić information content (AvgIpc) is 2.18. The molecule has 0 saturated heterocycles. The van der Waals surface area contributed by atoms with Crippen molar-refractivity contribution in [2.24, 2.45) is 0 Å². The molecule has 0 spiro atoms. The Labute approximate surface area is 86.8 Å². The first-order valence-electron chi connectivity index (χ1n) is 4.18. The molecule has 2 aromatic rings. The molecule has 0 bridgehead atoms. The maximum atomic E-state index is 5.78. The number of pyridine rings is 1. The fraction of sp³-hybridized carbons (Fsp3) is 0.100. The number of aryl methyl sites for hydroxylation is 1. The first kappa shape index (κ1) is 9.09. The van der Waals surface area contributed by atoms with Crippen LogP contribution in [0.15, 0.2) is 30.5 Å². The number of aromatic nitrogens is 3. The first-order valence-corrected chi connectivity index (χ1v) is 4.56. The lowest BCUT2D eigenvalue weighted by atomic mass is 10.2. The van der Waals surface area contributed by atoms with Crippen LogP contribution in [0.4, 0.5) is 0 Å². The summed E-state index contributed by atoms with van der Waals surface area (Å²) < 4.78 is 0. The van der Waals surface area contributed by atoms with E-state index in [1.165, 1.54) is 0 Å². The Hall–Kier alpha value is -1.48. The highest BCUT2D eigenvalue weighted by Crippen LogP contribution is 2.15. The van der Waals surface area contributed by atoms with E-state index < -0.39 is 0 Å². The lowest BCUT2D eigenvalue weighted by molar-refractivity contribution is 1.05. The third-order valence-corrected chi connectivity index (χ3v) is 1.96.